The maximum absolute atomic E-state index is 13.5. The minimum atomic E-state index is -0.413. The number of hydrogen-bond acceptors (Lipinski definition) is 4. The van der Waals surface area contributed by atoms with Gasteiger partial charge in [-0.1, -0.05) is 13.0 Å². The van der Waals surface area contributed by atoms with Crippen LogP contribution in [0.3, 0.4) is 0 Å². The summed E-state index contributed by atoms with van der Waals surface area (Å²) in [4.78, 5) is 0. The molecular formula is C14H16FN3O. The first-order valence-electron chi connectivity index (χ1n) is 6.16. The summed E-state index contributed by atoms with van der Waals surface area (Å²) in [5, 5.41) is 11.1. The van der Waals surface area contributed by atoms with Crippen molar-refractivity contribution in [2.45, 2.75) is 20.4 Å². The summed E-state index contributed by atoms with van der Waals surface area (Å²) in [5.41, 5.74) is 1.74. The number of hydrogen-bond donors (Lipinski definition) is 1. The highest BCUT2D eigenvalue weighted by atomic mass is 19.1. The van der Waals surface area contributed by atoms with E-state index in [0.717, 1.165) is 17.8 Å². The third-order valence-electron chi connectivity index (χ3n) is 2.55. The number of benzene rings is 1. The van der Waals surface area contributed by atoms with Crippen molar-refractivity contribution in [3.05, 3.63) is 47.4 Å². The van der Waals surface area contributed by atoms with Gasteiger partial charge in [0, 0.05) is 12.6 Å². The second kappa shape index (κ2) is 6.24. The predicted octanol–water partition coefficient (Wildman–Crippen LogP) is 2.83. The van der Waals surface area contributed by atoms with E-state index in [0.29, 0.717) is 6.54 Å². The first-order valence-corrected chi connectivity index (χ1v) is 6.16. The van der Waals surface area contributed by atoms with Gasteiger partial charge < -0.3 is 10.1 Å². The monoisotopic (exact) mass is 261 g/mol. The smallest absolute Gasteiger partial charge is 0.239 e. The van der Waals surface area contributed by atoms with E-state index in [2.05, 4.69) is 15.5 Å². The van der Waals surface area contributed by atoms with Crippen LogP contribution in [0.15, 0.2) is 30.3 Å². The number of rotatable bonds is 5. The fourth-order valence-corrected chi connectivity index (χ4v) is 1.55. The van der Waals surface area contributed by atoms with Crippen LogP contribution in [0.25, 0.3) is 0 Å². The van der Waals surface area contributed by atoms with Crippen LogP contribution in [0, 0.1) is 12.7 Å². The van der Waals surface area contributed by atoms with Crippen LogP contribution in [0.4, 0.5) is 4.39 Å². The number of nitrogens with zero attached hydrogens (tertiary/aromatic N) is 2. The van der Waals surface area contributed by atoms with Gasteiger partial charge in [-0.15, -0.1) is 5.10 Å². The molecule has 0 bridgehead atoms. The Kier molecular flexibility index (Phi) is 4.41. The molecule has 0 aliphatic carbocycles. The Labute approximate surface area is 111 Å². The van der Waals surface area contributed by atoms with Gasteiger partial charge in [0.15, 0.2) is 11.6 Å². The lowest BCUT2D eigenvalue weighted by Gasteiger charge is -2.06. The Bertz CT molecular complexity index is 543. The van der Waals surface area contributed by atoms with Crippen LogP contribution in [-0.2, 0) is 6.54 Å². The first-order chi connectivity index (χ1) is 9.19. The van der Waals surface area contributed by atoms with Gasteiger partial charge in [-0.3, -0.25) is 0 Å². The van der Waals surface area contributed by atoms with Crippen molar-refractivity contribution >= 4 is 0 Å². The lowest BCUT2D eigenvalue weighted by molar-refractivity contribution is 0.420. The van der Waals surface area contributed by atoms with E-state index < -0.39 is 5.82 Å². The molecule has 100 valence electrons. The molecule has 0 aliphatic heterocycles. The van der Waals surface area contributed by atoms with E-state index in [4.69, 9.17) is 4.74 Å². The molecule has 0 unspecified atom stereocenters. The highest BCUT2D eigenvalue weighted by Gasteiger charge is 2.06. The zero-order chi connectivity index (χ0) is 13.7. The van der Waals surface area contributed by atoms with Crippen LogP contribution in [0.2, 0.25) is 0 Å². The van der Waals surface area contributed by atoms with E-state index >= 15 is 0 Å². The van der Waals surface area contributed by atoms with Gasteiger partial charge in [0.2, 0.25) is 5.88 Å². The van der Waals surface area contributed by atoms with Gasteiger partial charge >= 0.3 is 0 Å². The van der Waals surface area contributed by atoms with Gasteiger partial charge in [-0.25, -0.2) is 4.39 Å². The van der Waals surface area contributed by atoms with Crippen molar-refractivity contribution in [1.29, 1.82) is 0 Å². The van der Waals surface area contributed by atoms with Gasteiger partial charge in [-0.2, -0.15) is 5.10 Å². The Hall–Kier alpha value is -2.01. The molecule has 19 heavy (non-hydrogen) atoms. The molecule has 0 fully saturated rings. The molecule has 0 spiro atoms. The van der Waals surface area contributed by atoms with Crippen molar-refractivity contribution in [1.82, 2.24) is 15.5 Å². The zero-order valence-electron chi connectivity index (χ0n) is 11.0. The van der Waals surface area contributed by atoms with Crippen LogP contribution in [-0.4, -0.2) is 16.7 Å². The lowest BCUT2D eigenvalue weighted by Crippen LogP contribution is -2.13. The zero-order valence-corrected chi connectivity index (χ0v) is 11.0. The Morgan fingerprint density at radius 1 is 1.21 bits per heavy atom. The summed E-state index contributed by atoms with van der Waals surface area (Å²) in [5.74, 6) is 0.0302. The van der Waals surface area contributed by atoms with Crippen LogP contribution >= 0.6 is 0 Å². The quantitative estimate of drug-likeness (QED) is 0.899. The molecule has 4 nitrogen and oxygen atoms in total. The number of halogens is 1. The Balaban J connectivity index is 2.08. The normalized spacial score (nSPS) is 10.5. The first kappa shape index (κ1) is 13.4. The molecule has 1 heterocycles. The number of nitrogens with one attached hydrogen (secondary N) is 1. The maximum Gasteiger partial charge on any atom is 0.239 e. The molecule has 0 saturated heterocycles. The van der Waals surface area contributed by atoms with E-state index in [9.17, 15) is 4.39 Å². The molecule has 0 amide bonds. The fourth-order valence-electron chi connectivity index (χ4n) is 1.55. The second-order valence-electron chi connectivity index (χ2n) is 4.18. The number of ether oxygens (including phenoxy) is 1. The van der Waals surface area contributed by atoms with E-state index in [1.54, 1.807) is 24.3 Å². The fraction of sp³-hybridized carbons (Fsp3) is 0.286. The topological polar surface area (TPSA) is 47.0 Å². The van der Waals surface area contributed by atoms with Crippen LogP contribution in [0.5, 0.6) is 11.6 Å². The summed E-state index contributed by atoms with van der Waals surface area (Å²) < 4.78 is 18.9. The van der Waals surface area contributed by atoms with Crippen molar-refractivity contribution < 1.29 is 9.13 Å². The third-order valence-corrected chi connectivity index (χ3v) is 2.55. The van der Waals surface area contributed by atoms with Crippen LogP contribution < -0.4 is 10.1 Å². The summed E-state index contributed by atoms with van der Waals surface area (Å²) in [6, 6.07) is 8.18. The van der Waals surface area contributed by atoms with Crippen molar-refractivity contribution in [2.24, 2.45) is 0 Å². The minimum absolute atomic E-state index is 0.161. The van der Waals surface area contributed by atoms with E-state index in [1.165, 1.54) is 6.07 Å². The molecule has 1 N–H and O–H groups in total. The Morgan fingerprint density at radius 2 is 2.05 bits per heavy atom. The minimum Gasteiger partial charge on any atom is -0.434 e. The molecule has 0 saturated carbocycles. The van der Waals surface area contributed by atoms with Crippen molar-refractivity contribution in [3.8, 4) is 11.6 Å². The molecule has 0 atom stereocenters. The second-order valence-corrected chi connectivity index (χ2v) is 4.18. The summed E-state index contributed by atoms with van der Waals surface area (Å²) in [6.07, 6.45) is 0. The third kappa shape index (κ3) is 3.72. The van der Waals surface area contributed by atoms with Crippen molar-refractivity contribution in [3.63, 3.8) is 0 Å². The molecule has 5 heteroatoms. The van der Waals surface area contributed by atoms with Gasteiger partial charge in [0.1, 0.15) is 0 Å². The molecule has 1 aromatic carbocycles. The molecule has 0 radical (unpaired) electrons. The van der Waals surface area contributed by atoms with E-state index in [-0.39, 0.29) is 11.6 Å². The van der Waals surface area contributed by atoms with E-state index in [1.807, 2.05) is 13.8 Å². The average molecular weight is 261 g/mol. The molecular weight excluding hydrogens is 245 g/mol. The molecule has 2 rings (SSSR count). The molecule has 2 aromatic rings. The largest absolute Gasteiger partial charge is 0.434 e. The lowest BCUT2D eigenvalue weighted by atomic mass is 10.2. The summed E-state index contributed by atoms with van der Waals surface area (Å²) in [6.45, 7) is 5.42. The molecule has 0 aliphatic rings. The van der Waals surface area contributed by atoms with Gasteiger partial charge in [0.25, 0.3) is 0 Å². The summed E-state index contributed by atoms with van der Waals surface area (Å²) >= 11 is 0. The maximum atomic E-state index is 13.5. The highest BCUT2D eigenvalue weighted by Crippen LogP contribution is 2.23. The van der Waals surface area contributed by atoms with Crippen molar-refractivity contribution in [2.75, 3.05) is 6.54 Å². The standard InChI is InChI=1S/C14H16FN3O/c1-3-16-9-11-5-7-14(18-17-11)19-13-8-10(2)4-6-12(13)15/h4-8,16H,3,9H2,1-2H3. The average Bonchev–Trinajstić information content (AvgIpc) is 2.42. The molecule has 1 aromatic heterocycles. The highest BCUT2D eigenvalue weighted by molar-refractivity contribution is 5.32. The summed E-state index contributed by atoms with van der Waals surface area (Å²) in [7, 11) is 0. The predicted molar refractivity (Wildman–Crippen MR) is 70.6 cm³/mol. The SMILES string of the molecule is CCNCc1ccc(Oc2cc(C)ccc2F)nn1. The number of aromatic nitrogens is 2. The van der Waals surface area contributed by atoms with Gasteiger partial charge in [-0.05, 0) is 37.2 Å². The van der Waals surface area contributed by atoms with Gasteiger partial charge in [0.05, 0.1) is 5.69 Å². The van der Waals surface area contributed by atoms with Crippen LogP contribution in [0.1, 0.15) is 18.2 Å². The number of aryl methyl sites for hydroxylation is 1. The Morgan fingerprint density at radius 3 is 2.74 bits per heavy atom.